The Morgan fingerprint density at radius 2 is 2.14 bits per heavy atom. The summed E-state index contributed by atoms with van der Waals surface area (Å²) in [5, 5.41) is 0. The Morgan fingerprint density at radius 1 is 1.33 bits per heavy atom. The molecule has 0 radical (unpaired) electrons. The molecule has 1 fully saturated rings. The normalized spacial score (nSPS) is 26.4. The molecule has 3 nitrogen and oxygen atoms in total. The molecule has 2 aromatic heterocycles. The summed E-state index contributed by atoms with van der Waals surface area (Å²) in [5.41, 5.74) is 3.21. The zero-order valence-electron chi connectivity index (χ0n) is 13.1. The van der Waals surface area contributed by atoms with Gasteiger partial charge in [0.15, 0.2) is 5.65 Å². The van der Waals surface area contributed by atoms with Crippen LogP contribution in [0.5, 0.6) is 0 Å². The number of aromatic nitrogens is 3. The lowest BCUT2D eigenvalue weighted by Crippen LogP contribution is -2.26. The van der Waals surface area contributed by atoms with Gasteiger partial charge in [0.05, 0.1) is 0 Å². The van der Waals surface area contributed by atoms with Crippen molar-refractivity contribution in [2.75, 3.05) is 5.88 Å². The van der Waals surface area contributed by atoms with Crippen molar-refractivity contribution in [3.8, 4) is 0 Å². The highest BCUT2D eigenvalue weighted by Crippen LogP contribution is 2.39. The lowest BCUT2D eigenvalue weighted by molar-refractivity contribution is 0.207. The lowest BCUT2D eigenvalue weighted by atomic mass is 9.79. The number of nitrogens with zero attached hydrogens (tertiary/aromatic N) is 3. The zero-order chi connectivity index (χ0) is 15.0. The van der Waals surface area contributed by atoms with Crippen LogP contribution in [-0.2, 0) is 6.42 Å². The van der Waals surface area contributed by atoms with Crippen LogP contribution in [0.15, 0.2) is 12.3 Å². The SMILES string of the molecule is Cc1cnc2c(c1)nc(CCCl)n2C1CCC(C)CC1C. The minimum atomic E-state index is 0.514. The maximum Gasteiger partial charge on any atom is 0.160 e. The van der Waals surface area contributed by atoms with Gasteiger partial charge in [-0.25, -0.2) is 9.97 Å². The first-order chi connectivity index (χ1) is 10.1. The molecule has 0 bridgehead atoms. The number of pyridine rings is 1. The molecule has 3 unspecified atom stereocenters. The molecule has 21 heavy (non-hydrogen) atoms. The summed E-state index contributed by atoms with van der Waals surface area (Å²) in [6.07, 6.45) is 6.56. The zero-order valence-corrected chi connectivity index (χ0v) is 13.9. The quantitative estimate of drug-likeness (QED) is 0.781. The third-order valence-corrected chi connectivity index (χ3v) is 4.96. The van der Waals surface area contributed by atoms with E-state index in [0.29, 0.717) is 17.8 Å². The van der Waals surface area contributed by atoms with E-state index in [2.05, 4.69) is 36.4 Å². The molecule has 3 rings (SSSR count). The van der Waals surface area contributed by atoms with Crippen molar-refractivity contribution in [1.29, 1.82) is 0 Å². The number of hydrogen-bond donors (Lipinski definition) is 0. The summed E-state index contributed by atoms with van der Waals surface area (Å²) in [6, 6.07) is 2.65. The third kappa shape index (κ3) is 2.80. The molecule has 2 heterocycles. The fourth-order valence-corrected chi connectivity index (χ4v) is 3.94. The second-order valence-corrected chi connectivity index (χ2v) is 7.03. The molecule has 1 saturated carbocycles. The van der Waals surface area contributed by atoms with Crippen LogP contribution in [0.25, 0.3) is 11.2 Å². The molecule has 0 aliphatic heterocycles. The number of rotatable bonds is 3. The fourth-order valence-electron chi connectivity index (χ4n) is 3.77. The van der Waals surface area contributed by atoms with Gasteiger partial charge in [0, 0.05) is 24.5 Å². The third-order valence-electron chi connectivity index (χ3n) is 4.78. The van der Waals surface area contributed by atoms with Crippen LogP contribution in [0.4, 0.5) is 0 Å². The average Bonchev–Trinajstić information content (AvgIpc) is 2.76. The molecule has 1 aliphatic rings. The van der Waals surface area contributed by atoms with Gasteiger partial charge < -0.3 is 4.57 Å². The minimum Gasteiger partial charge on any atom is -0.309 e. The van der Waals surface area contributed by atoms with Gasteiger partial charge in [0.2, 0.25) is 0 Å². The summed E-state index contributed by atoms with van der Waals surface area (Å²) in [5.74, 6) is 3.21. The van der Waals surface area contributed by atoms with Crippen molar-refractivity contribution < 1.29 is 0 Å². The van der Waals surface area contributed by atoms with Crippen molar-refractivity contribution in [2.24, 2.45) is 11.8 Å². The first-order valence-electron chi connectivity index (χ1n) is 7.99. The summed E-state index contributed by atoms with van der Waals surface area (Å²) >= 11 is 5.99. The van der Waals surface area contributed by atoms with E-state index in [1.165, 1.54) is 19.3 Å². The standard InChI is InChI=1S/C17H24ClN3/c1-11-4-5-15(13(3)8-11)21-16(6-7-18)20-14-9-12(2)10-19-17(14)21/h9-11,13,15H,4-8H2,1-3H3. The van der Waals surface area contributed by atoms with Gasteiger partial charge in [0.25, 0.3) is 0 Å². The van der Waals surface area contributed by atoms with E-state index in [-0.39, 0.29) is 0 Å². The summed E-state index contributed by atoms with van der Waals surface area (Å²) < 4.78 is 2.38. The number of fused-ring (bicyclic) bond motifs is 1. The minimum absolute atomic E-state index is 0.514. The molecular weight excluding hydrogens is 282 g/mol. The fraction of sp³-hybridized carbons (Fsp3) is 0.647. The Morgan fingerprint density at radius 3 is 2.86 bits per heavy atom. The van der Waals surface area contributed by atoms with E-state index in [4.69, 9.17) is 16.6 Å². The molecule has 0 spiro atoms. The van der Waals surface area contributed by atoms with Crippen LogP contribution in [0.3, 0.4) is 0 Å². The van der Waals surface area contributed by atoms with Crippen LogP contribution < -0.4 is 0 Å². The number of aryl methyl sites for hydroxylation is 2. The molecule has 0 aromatic carbocycles. The Balaban J connectivity index is 2.08. The van der Waals surface area contributed by atoms with Crippen molar-refractivity contribution in [1.82, 2.24) is 14.5 Å². The topological polar surface area (TPSA) is 30.7 Å². The van der Waals surface area contributed by atoms with Gasteiger partial charge in [0.1, 0.15) is 11.3 Å². The van der Waals surface area contributed by atoms with E-state index in [1.54, 1.807) is 0 Å². The smallest absolute Gasteiger partial charge is 0.160 e. The summed E-state index contributed by atoms with van der Waals surface area (Å²) in [4.78, 5) is 9.48. The van der Waals surface area contributed by atoms with Gasteiger partial charge in [-0.1, -0.05) is 13.8 Å². The van der Waals surface area contributed by atoms with Gasteiger partial charge >= 0.3 is 0 Å². The molecule has 114 valence electrons. The van der Waals surface area contributed by atoms with Crippen LogP contribution in [-0.4, -0.2) is 20.4 Å². The largest absolute Gasteiger partial charge is 0.309 e. The van der Waals surface area contributed by atoms with Gasteiger partial charge in [-0.3, -0.25) is 0 Å². The molecule has 2 aromatic rings. The Hall–Kier alpha value is -1.09. The highest BCUT2D eigenvalue weighted by Gasteiger charge is 2.29. The molecule has 0 amide bonds. The first-order valence-corrected chi connectivity index (χ1v) is 8.53. The second kappa shape index (κ2) is 5.96. The number of halogens is 1. The van der Waals surface area contributed by atoms with E-state index >= 15 is 0 Å². The van der Waals surface area contributed by atoms with E-state index < -0.39 is 0 Å². The van der Waals surface area contributed by atoms with Crippen LogP contribution >= 0.6 is 11.6 Å². The monoisotopic (exact) mass is 305 g/mol. The number of alkyl halides is 1. The molecule has 1 aliphatic carbocycles. The predicted molar refractivity (Wildman–Crippen MR) is 87.9 cm³/mol. The van der Waals surface area contributed by atoms with Crippen LogP contribution in [0, 0.1) is 18.8 Å². The molecule has 4 heteroatoms. The Kier molecular flexibility index (Phi) is 4.21. The molecular formula is C17H24ClN3. The van der Waals surface area contributed by atoms with Crippen molar-refractivity contribution in [3.63, 3.8) is 0 Å². The van der Waals surface area contributed by atoms with E-state index in [0.717, 1.165) is 34.9 Å². The van der Waals surface area contributed by atoms with Gasteiger partial charge in [-0.05, 0) is 49.7 Å². The Bertz CT molecular complexity index is 634. The van der Waals surface area contributed by atoms with Gasteiger partial charge in [-0.15, -0.1) is 11.6 Å². The maximum atomic E-state index is 5.99. The highest BCUT2D eigenvalue weighted by atomic mass is 35.5. The molecule has 0 saturated heterocycles. The maximum absolute atomic E-state index is 5.99. The van der Waals surface area contributed by atoms with E-state index in [1.807, 2.05) is 6.20 Å². The number of imidazole rings is 1. The van der Waals surface area contributed by atoms with Crippen LogP contribution in [0.1, 0.15) is 50.5 Å². The summed E-state index contributed by atoms with van der Waals surface area (Å²) in [7, 11) is 0. The van der Waals surface area contributed by atoms with Crippen LogP contribution in [0.2, 0.25) is 0 Å². The number of hydrogen-bond acceptors (Lipinski definition) is 2. The Labute approximate surface area is 131 Å². The average molecular weight is 306 g/mol. The predicted octanol–water partition coefficient (Wildman–Crippen LogP) is 4.52. The highest BCUT2D eigenvalue weighted by molar-refractivity contribution is 6.17. The summed E-state index contributed by atoms with van der Waals surface area (Å²) in [6.45, 7) is 6.79. The van der Waals surface area contributed by atoms with Crippen molar-refractivity contribution >= 4 is 22.8 Å². The van der Waals surface area contributed by atoms with Crippen molar-refractivity contribution in [3.05, 3.63) is 23.7 Å². The lowest BCUT2D eigenvalue weighted by Gasteiger charge is -2.34. The molecule has 3 atom stereocenters. The van der Waals surface area contributed by atoms with Crippen molar-refractivity contribution in [2.45, 2.75) is 52.5 Å². The first kappa shape index (κ1) is 14.8. The molecule has 0 N–H and O–H groups in total. The van der Waals surface area contributed by atoms with E-state index in [9.17, 15) is 0 Å². The second-order valence-electron chi connectivity index (χ2n) is 6.66. The van der Waals surface area contributed by atoms with Gasteiger partial charge in [-0.2, -0.15) is 0 Å².